The minimum Gasteiger partial charge on any atom is -0.493 e. The average Bonchev–Trinajstić information content (AvgIpc) is 2.59. The molecule has 1 unspecified atom stereocenters. The number of nitrogens with one attached hydrogen (secondary N) is 1. The lowest BCUT2D eigenvalue weighted by atomic mass is 10.0. The largest absolute Gasteiger partial charge is 0.493 e. The van der Waals surface area contributed by atoms with Crippen LogP contribution in [0.4, 0.5) is 0 Å². The quantitative estimate of drug-likeness (QED) is 0.753. The van der Waals surface area contributed by atoms with E-state index in [1.807, 2.05) is 24.3 Å². The summed E-state index contributed by atoms with van der Waals surface area (Å²) in [7, 11) is 0. The van der Waals surface area contributed by atoms with Crippen molar-refractivity contribution in [1.29, 1.82) is 0 Å². The Morgan fingerprint density at radius 2 is 1.92 bits per heavy atom. The smallest absolute Gasteiger partial charge is 0.122 e. The number of benzene rings is 2. The number of rotatable bonds is 6. The van der Waals surface area contributed by atoms with Crippen LogP contribution in [0, 0.1) is 0 Å². The molecule has 4 heteroatoms. The van der Waals surface area contributed by atoms with Crippen molar-refractivity contribution >= 4 is 24.0 Å². The molecule has 0 amide bonds. The fraction of sp³-hybridized carbons (Fsp3) is 0.400. The maximum absolute atomic E-state index is 6.17. The lowest BCUT2D eigenvalue weighted by Crippen LogP contribution is -2.35. The molecule has 0 radical (unpaired) electrons. The summed E-state index contributed by atoms with van der Waals surface area (Å²) < 4.78 is 6.07. The Kier molecular flexibility index (Phi) is 7.90. The van der Waals surface area contributed by atoms with Crippen molar-refractivity contribution in [3.05, 3.63) is 64.7 Å². The van der Waals surface area contributed by atoms with E-state index < -0.39 is 0 Å². The van der Waals surface area contributed by atoms with E-state index in [4.69, 9.17) is 16.3 Å². The zero-order valence-electron chi connectivity index (χ0n) is 13.8. The summed E-state index contributed by atoms with van der Waals surface area (Å²) in [6.07, 6.45) is 5.81. The average molecular weight is 366 g/mol. The summed E-state index contributed by atoms with van der Waals surface area (Å²) in [4.78, 5) is 0. The number of ether oxygens (including phenoxy) is 1. The Labute approximate surface area is 156 Å². The first-order valence-electron chi connectivity index (χ1n) is 8.50. The van der Waals surface area contributed by atoms with Crippen molar-refractivity contribution in [3.8, 4) is 5.75 Å². The highest BCUT2D eigenvalue weighted by Crippen LogP contribution is 2.26. The highest BCUT2D eigenvalue weighted by Gasteiger charge is 2.13. The Morgan fingerprint density at radius 1 is 1.08 bits per heavy atom. The van der Waals surface area contributed by atoms with Crippen LogP contribution < -0.4 is 10.1 Å². The molecule has 1 atom stereocenters. The maximum atomic E-state index is 6.17. The van der Waals surface area contributed by atoms with Crippen LogP contribution in [0.3, 0.4) is 0 Å². The third-order valence-electron chi connectivity index (χ3n) is 4.40. The molecule has 1 aliphatic heterocycles. The molecule has 1 saturated heterocycles. The normalized spacial score (nSPS) is 17.1. The summed E-state index contributed by atoms with van der Waals surface area (Å²) in [6, 6.07) is 17.0. The molecule has 0 spiro atoms. The second-order valence-corrected chi connectivity index (χ2v) is 6.63. The van der Waals surface area contributed by atoms with Gasteiger partial charge in [-0.25, -0.2) is 0 Å². The van der Waals surface area contributed by atoms with Gasteiger partial charge in [-0.1, -0.05) is 48.4 Å². The van der Waals surface area contributed by atoms with Crippen LogP contribution in [0.15, 0.2) is 48.5 Å². The van der Waals surface area contributed by atoms with E-state index in [9.17, 15) is 0 Å². The molecule has 0 bridgehead atoms. The standard InChI is InChI=1S/C20H24ClNO.ClH/c21-18-9-10-20(23-13-11-19-8-4-5-12-22-19)17(15-18)14-16-6-2-1-3-7-16;/h1-3,6-7,9-10,15,19,22H,4-5,8,11-14H2;1H. The molecule has 0 saturated carbocycles. The Morgan fingerprint density at radius 3 is 2.67 bits per heavy atom. The summed E-state index contributed by atoms with van der Waals surface area (Å²) in [5, 5.41) is 4.33. The van der Waals surface area contributed by atoms with E-state index in [1.54, 1.807) is 0 Å². The molecular formula is C20H25Cl2NO. The molecule has 1 N–H and O–H groups in total. The van der Waals surface area contributed by atoms with Gasteiger partial charge < -0.3 is 10.1 Å². The van der Waals surface area contributed by atoms with Gasteiger partial charge in [0.1, 0.15) is 5.75 Å². The van der Waals surface area contributed by atoms with E-state index in [2.05, 4.69) is 29.6 Å². The van der Waals surface area contributed by atoms with Gasteiger partial charge in [0.15, 0.2) is 0 Å². The summed E-state index contributed by atoms with van der Waals surface area (Å²) in [5.74, 6) is 0.953. The van der Waals surface area contributed by atoms with Crippen LogP contribution in [-0.4, -0.2) is 19.2 Å². The zero-order valence-corrected chi connectivity index (χ0v) is 15.4. The maximum Gasteiger partial charge on any atom is 0.122 e. The highest BCUT2D eigenvalue weighted by atomic mass is 35.5. The SMILES string of the molecule is Cl.Clc1ccc(OCCC2CCCCN2)c(Cc2ccccc2)c1. The molecule has 24 heavy (non-hydrogen) atoms. The molecule has 1 fully saturated rings. The Hall–Kier alpha value is -1.22. The molecule has 0 aliphatic carbocycles. The molecule has 2 nitrogen and oxygen atoms in total. The minimum atomic E-state index is 0. The molecule has 130 valence electrons. The lowest BCUT2D eigenvalue weighted by molar-refractivity contribution is 0.266. The van der Waals surface area contributed by atoms with Gasteiger partial charge >= 0.3 is 0 Å². The van der Waals surface area contributed by atoms with Gasteiger partial charge in [0.05, 0.1) is 6.61 Å². The number of hydrogen-bond donors (Lipinski definition) is 1. The van der Waals surface area contributed by atoms with Gasteiger partial charge in [-0.15, -0.1) is 12.4 Å². The highest BCUT2D eigenvalue weighted by molar-refractivity contribution is 6.30. The van der Waals surface area contributed by atoms with Crippen molar-refractivity contribution in [1.82, 2.24) is 5.32 Å². The Balaban J connectivity index is 0.00000208. The van der Waals surface area contributed by atoms with Gasteiger partial charge in [-0.05, 0) is 55.1 Å². The zero-order chi connectivity index (χ0) is 15.9. The van der Waals surface area contributed by atoms with Crippen molar-refractivity contribution < 1.29 is 4.74 Å². The van der Waals surface area contributed by atoms with E-state index in [-0.39, 0.29) is 12.4 Å². The van der Waals surface area contributed by atoms with Crippen LogP contribution in [0.2, 0.25) is 5.02 Å². The molecule has 2 aromatic rings. The van der Waals surface area contributed by atoms with Crippen LogP contribution in [0.1, 0.15) is 36.8 Å². The van der Waals surface area contributed by atoms with E-state index in [1.165, 1.54) is 24.8 Å². The van der Waals surface area contributed by atoms with Crippen LogP contribution in [-0.2, 0) is 6.42 Å². The summed E-state index contributed by atoms with van der Waals surface area (Å²) in [6.45, 7) is 1.89. The first-order chi connectivity index (χ1) is 11.3. The lowest BCUT2D eigenvalue weighted by Gasteiger charge is -2.23. The fourth-order valence-corrected chi connectivity index (χ4v) is 3.32. The minimum absolute atomic E-state index is 0. The van der Waals surface area contributed by atoms with E-state index in [0.29, 0.717) is 6.04 Å². The summed E-state index contributed by atoms with van der Waals surface area (Å²) >= 11 is 6.17. The van der Waals surface area contributed by atoms with Crippen LogP contribution in [0.25, 0.3) is 0 Å². The second-order valence-electron chi connectivity index (χ2n) is 6.20. The fourth-order valence-electron chi connectivity index (χ4n) is 3.12. The number of piperidine rings is 1. The first kappa shape index (κ1) is 19.1. The van der Waals surface area contributed by atoms with Gasteiger partial charge in [0.25, 0.3) is 0 Å². The van der Waals surface area contributed by atoms with Gasteiger partial charge in [-0.2, -0.15) is 0 Å². The van der Waals surface area contributed by atoms with E-state index in [0.717, 1.165) is 42.3 Å². The third-order valence-corrected chi connectivity index (χ3v) is 4.63. The topological polar surface area (TPSA) is 21.3 Å². The Bertz CT molecular complexity index is 612. The van der Waals surface area contributed by atoms with Crippen molar-refractivity contribution in [2.75, 3.05) is 13.2 Å². The number of halogens is 2. The summed E-state index contributed by atoms with van der Waals surface area (Å²) in [5.41, 5.74) is 2.42. The van der Waals surface area contributed by atoms with Gasteiger partial charge in [-0.3, -0.25) is 0 Å². The predicted octanol–water partition coefficient (Wildman–Crippen LogP) is 5.26. The van der Waals surface area contributed by atoms with Gasteiger partial charge in [0.2, 0.25) is 0 Å². The van der Waals surface area contributed by atoms with Crippen LogP contribution in [0.5, 0.6) is 5.75 Å². The third kappa shape index (κ3) is 5.70. The molecule has 1 aliphatic rings. The molecule has 3 rings (SSSR count). The predicted molar refractivity (Wildman–Crippen MR) is 104 cm³/mol. The van der Waals surface area contributed by atoms with Crippen molar-refractivity contribution in [2.45, 2.75) is 38.1 Å². The first-order valence-corrected chi connectivity index (χ1v) is 8.87. The number of hydrogen-bond acceptors (Lipinski definition) is 2. The van der Waals surface area contributed by atoms with Crippen molar-refractivity contribution in [2.24, 2.45) is 0 Å². The van der Waals surface area contributed by atoms with Crippen LogP contribution >= 0.6 is 24.0 Å². The molecular weight excluding hydrogens is 341 g/mol. The van der Waals surface area contributed by atoms with Gasteiger partial charge in [0, 0.05) is 17.5 Å². The monoisotopic (exact) mass is 365 g/mol. The van der Waals surface area contributed by atoms with Crippen molar-refractivity contribution in [3.63, 3.8) is 0 Å². The molecule has 2 aromatic carbocycles. The molecule has 0 aromatic heterocycles. The van der Waals surface area contributed by atoms with E-state index >= 15 is 0 Å². The second kappa shape index (κ2) is 9.93. The molecule has 1 heterocycles.